The number of pyridine rings is 1. The summed E-state index contributed by atoms with van der Waals surface area (Å²) in [5, 5.41) is 0.682. The number of rotatable bonds is 2. The van der Waals surface area contributed by atoms with Gasteiger partial charge in [-0.1, -0.05) is 12.1 Å². The Morgan fingerprint density at radius 3 is 2.43 bits per heavy atom. The predicted molar refractivity (Wildman–Crippen MR) is 83.0 cm³/mol. The summed E-state index contributed by atoms with van der Waals surface area (Å²) >= 11 is 0. The Kier molecular flexibility index (Phi) is 4.06. The molecule has 2 heterocycles. The van der Waals surface area contributed by atoms with E-state index in [0.717, 1.165) is 19.2 Å². The minimum atomic E-state index is -4.49. The van der Waals surface area contributed by atoms with Crippen molar-refractivity contribution >= 4 is 16.6 Å². The third kappa shape index (κ3) is 3.06. The Morgan fingerprint density at radius 1 is 1.13 bits per heavy atom. The van der Waals surface area contributed by atoms with Crippen LogP contribution in [0.5, 0.6) is 5.75 Å². The molecule has 0 unspecified atom stereocenters. The van der Waals surface area contributed by atoms with Gasteiger partial charge in [-0.3, -0.25) is 0 Å². The zero-order valence-corrected chi connectivity index (χ0v) is 13.0. The van der Waals surface area contributed by atoms with Crippen LogP contribution in [0.2, 0.25) is 0 Å². The van der Waals surface area contributed by atoms with E-state index in [2.05, 4.69) is 9.88 Å². The molecule has 0 bridgehead atoms. The van der Waals surface area contributed by atoms with E-state index in [1.54, 1.807) is 18.2 Å². The zero-order valence-electron chi connectivity index (χ0n) is 13.0. The number of methoxy groups -OCH3 is 1. The number of ether oxygens (including phenoxy) is 1. The predicted octanol–water partition coefficient (Wildman–Crippen LogP) is 3.01. The van der Waals surface area contributed by atoms with Crippen molar-refractivity contribution in [2.24, 2.45) is 0 Å². The molecule has 124 valence electrons. The van der Waals surface area contributed by atoms with Crippen LogP contribution in [0.1, 0.15) is 5.69 Å². The Labute approximate surface area is 132 Å². The van der Waals surface area contributed by atoms with Crippen LogP contribution in [0.15, 0.2) is 24.3 Å². The maximum Gasteiger partial charge on any atom is 0.433 e. The molecule has 0 atom stereocenters. The average Bonchev–Trinajstić information content (AvgIpc) is 2.53. The van der Waals surface area contributed by atoms with Gasteiger partial charge in [0.15, 0.2) is 0 Å². The summed E-state index contributed by atoms with van der Waals surface area (Å²) in [7, 11) is 3.44. The third-order valence-electron chi connectivity index (χ3n) is 4.13. The first kappa shape index (κ1) is 15.9. The smallest absolute Gasteiger partial charge is 0.433 e. The van der Waals surface area contributed by atoms with E-state index in [1.165, 1.54) is 7.11 Å². The number of alkyl halides is 3. The van der Waals surface area contributed by atoms with Crippen LogP contribution >= 0.6 is 0 Å². The number of likely N-dealkylation sites (N-methyl/N-ethyl adjacent to an activating group) is 1. The molecule has 0 amide bonds. The molecule has 0 radical (unpaired) electrons. The molecule has 7 heteroatoms. The van der Waals surface area contributed by atoms with Crippen molar-refractivity contribution in [2.75, 3.05) is 45.2 Å². The molecule has 1 aliphatic rings. The molecule has 23 heavy (non-hydrogen) atoms. The number of hydrogen-bond donors (Lipinski definition) is 0. The highest BCUT2D eigenvalue weighted by atomic mass is 19.4. The van der Waals surface area contributed by atoms with Gasteiger partial charge in [0.2, 0.25) is 0 Å². The van der Waals surface area contributed by atoms with Crippen LogP contribution in [0, 0.1) is 0 Å². The van der Waals surface area contributed by atoms with E-state index in [4.69, 9.17) is 4.74 Å². The van der Waals surface area contributed by atoms with Crippen LogP contribution in [0.25, 0.3) is 10.9 Å². The average molecular weight is 325 g/mol. The van der Waals surface area contributed by atoms with Gasteiger partial charge in [-0.25, -0.2) is 4.98 Å². The fourth-order valence-electron chi connectivity index (χ4n) is 2.82. The molecule has 0 N–H and O–H groups in total. The van der Waals surface area contributed by atoms with Gasteiger partial charge in [0, 0.05) is 37.3 Å². The lowest BCUT2D eigenvalue weighted by Gasteiger charge is -2.35. The topological polar surface area (TPSA) is 28.6 Å². The second-order valence-electron chi connectivity index (χ2n) is 5.67. The van der Waals surface area contributed by atoms with Crippen molar-refractivity contribution in [2.45, 2.75) is 6.18 Å². The van der Waals surface area contributed by atoms with Crippen LogP contribution in [-0.2, 0) is 6.18 Å². The molecule has 0 saturated carbocycles. The van der Waals surface area contributed by atoms with Crippen molar-refractivity contribution in [1.29, 1.82) is 0 Å². The second kappa shape index (κ2) is 5.88. The maximum absolute atomic E-state index is 13.2. The van der Waals surface area contributed by atoms with Crippen LogP contribution in [0.3, 0.4) is 0 Å². The number of para-hydroxylation sites is 1. The molecule has 1 aromatic heterocycles. The first-order valence-electron chi connectivity index (χ1n) is 7.38. The standard InChI is InChI=1S/C16H18F3N3O/c1-21-6-8-22(9-7-21)12-10-14(16(17,18)19)20-15-11(12)4-3-5-13(15)23-2/h3-5,10H,6-9H2,1-2H3. The summed E-state index contributed by atoms with van der Waals surface area (Å²) < 4.78 is 44.9. The van der Waals surface area contributed by atoms with Crippen molar-refractivity contribution in [3.8, 4) is 5.75 Å². The van der Waals surface area contributed by atoms with Crippen molar-refractivity contribution < 1.29 is 17.9 Å². The van der Waals surface area contributed by atoms with E-state index >= 15 is 0 Å². The number of fused-ring (bicyclic) bond motifs is 1. The highest BCUT2D eigenvalue weighted by molar-refractivity contribution is 5.95. The van der Waals surface area contributed by atoms with Gasteiger partial charge < -0.3 is 14.5 Å². The molecule has 1 fully saturated rings. The summed E-state index contributed by atoms with van der Waals surface area (Å²) in [5.41, 5.74) is -0.0727. The number of hydrogen-bond acceptors (Lipinski definition) is 4. The fourth-order valence-corrected chi connectivity index (χ4v) is 2.82. The van der Waals surface area contributed by atoms with E-state index in [-0.39, 0.29) is 5.52 Å². The van der Waals surface area contributed by atoms with Crippen LogP contribution < -0.4 is 9.64 Å². The molecule has 1 saturated heterocycles. The van der Waals surface area contributed by atoms with Gasteiger partial charge in [-0.05, 0) is 19.2 Å². The third-order valence-corrected chi connectivity index (χ3v) is 4.13. The molecule has 1 aromatic carbocycles. The Bertz CT molecular complexity index is 710. The first-order chi connectivity index (χ1) is 10.9. The maximum atomic E-state index is 13.2. The fraction of sp³-hybridized carbons (Fsp3) is 0.438. The van der Waals surface area contributed by atoms with Crippen molar-refractivity contribution in [1.82, 2.24) is 9.88 Å². The van der Waals surface area contributed by atoms with Gasteiger partial charge >= 0.3 is 6.18 Å². The molecule has 3 rings (SSSR count). The first-order valence-corrected chi connectivity index (χ1v) is 7.38. The Hall–Kier alpha value is -2.02. The van der Waals surface area contributed by atoms with E-state index in [9.17, 15) is 13.2 Å². The molecule has 2 aromatic rings. The lowest BCUT2D eigenvalue weighted by molar-refractivity contribution is -0.140. The summed E-state index contributed by atoms with van der Waals surface area (Å²) in [6.45, 7) is 3.00. The number of halogens is 3. The van der Waals surface area contributed by atoms with Crippen LogP contribution in [-0.4, -0.2) is 50.2 Å². The van der Waals surface area contributed by atoms with Gasteiger partial charge in [0.1, 0.15) is 17.0 Å². The molecular weight excluding hydrogens is 307 g/mol. The minimum absolute atomic E-state index is 0.249. The quantitative estimate of drug-likeness (QED) is 0.849. The van der Waals surface area contributed by atoms with E-state index in [1.807, 2.05) is 11.9 Å². The number of benzene rings is 1. The summed E-state index contributed by atoms with van der Waals surface area (Å²) in [5.74, 6) is 0.351. The zero-order chi connectivity index (χ0) is 16.6. The van der Waals surface area contributed by atoms with Crippen molar-refractivity contribution in [3.05, 3.63) is 30.0 Å². The number of piperazine rings is 1. The van der Waals surface area contributed by atoms with Crippen molar-refractivity contribution in [3.63, 3.8) is 0 Å². The van der Waals surface area contributed by atoms with Gasteiger partial charge in [-0.15, -0.1) is 0 Å². The largest absolute Gasteiger partial charge is 0.494 e. The highest BCUT2D eigenvalue weighted by Gasteiger charge is 2.34. The summed E-state index contributed by atoms with van der Waals surface area (Å²) in [6, 6.07) is 6.34. The highest BCUT2D eigenvalue weighted by Crippen LogP contribution is 2.37. The van der Waals surface area contributed by atoms with E-state index < -0.39 is 11.9 Å². The van der Waals surface area contributed by atoms with Crippen LogP contribution in [0.4, 0.5) is 18.9 Å². The van der Waals surface area contributed by atoms with Gasteiger partial charge in [-0.2, -0.15) is 13.2 Å². The van der Waals surface area contributed by atoms with Gasteiger partial charge in [0.05, 0.1) is 7.11 Å². The Morgan fingerprint density at radius 2 is 1.83 bits per heavy atom. The summed E-state index contributed by atoms with van der Waals surface area (Å²) in [4.78, 5) is 7.94. The lowest BCUT2D eigenvalue weighted by Crippen LogP contribution is -2.44. The normalized spacial score (nSPS) is 16.8. The van der Waals surface area contributed by atoms with E-state index in [0.29, 0.717) is 29.9 Å². The summed E-state index contributed by atoms with van der Waals surface area (Å²) in [6.07, 6.45) is -4.49. The Balaban J connectivity index is 2.18. The number of aromatic nitrogens is 1. The number of anilines is 1. The number of nitrogens with zero attached hydrogens (tertiary/aromatic N) is 3. The molecule has 0 spiro atoms. The second-order valence-corrected chi connectivity index (χ2v) is 5.67. The monoisotopic (exact) mass is 325 g/mol. The molecule has 1 aliphatic heterocycles. The van der Waals surface area contributed by atoms with Gasteiger partial charge in [0.25, 0.3) is 0 Å². The SMILES string of the molecule is COc1cccc2c(N3CCN(C)CC3)cc(C(F)(F)F)nc12. The minimum Gasteiger partial charge on any atom is -0.494 e. The molecular formula is C16H18F3N3O. The molecule has 0 aliphatic carbocycles. The molecule has 4 nitrogen and oxygen atoms in total. The lowest BCUT2D eigenvalue weighted by atomic mass is 10.1.